The Morgan fingerprint density at radius 3 is 2.60 bits per heavy atom. The molecule has 11 heteroatoms. The van der Waals surface area contributed by atoms with Gasteiger partial charge in [0.25, 0.3) is 0 Å². The van der Waals surface area contributed by atoms with E-state index in [0.717, 1.165) is 37.2 Å². The van der Waals surface area contributed by atoms with Crippen LogP contribution in [0.15, 0.2) is 47.2 Å². The highest BCUT2D eigenvalue weighted by Gasteiger charge is 2.54. The highest BCUT2D eigenvalue weighted by atomic mass is 16.6. The maximum atomic E-state index is 12.4. The molecule has 0 radical (unpaired) electrons. The van der Waals surface area contributed by atoms with Gasteiger partial charge in [0.05, 0.1) is 12.6 Å². The lowest BCUT2D eigenvalue weighted by Gasteiger charge is -2.23. The Bertz CT molecular complexity index is 1510. The summed E-state index contributed by atoms with van der Waals surface area (Å²) in [4.78, 5) is 30.7. The van der Waals surface area contributed by atoms with Crippen molar-refractivity contribution in [2.75, 3.05) is 32.8 Å². The van der Waals surface area contributed by atoms with Crippen molar-refractivity contribution in [2.24, 2.45) is 17.8 Å². The number of benzene rings is 1. The number of aliphatic hydroxyl groups excluding tert-OH is 1. The quantitative estimate of drug-likeness (QED) is 0.234. The number of piperidine rings is 1. The van der Waals surface area contributed by atoms with Crippen molar-refractivity contribution in [1.82, 2.24) is 24.9 Å². The fraction of sp³-hybridized carbons (Fsp3) is 0.529. The number of hydrogen-bond acceptors (Lipinski definition) is 9. The average molecular weight is 618 g/mol. The minimum atomic E-state index is -0.819. The molecule has 3 heterocycles. The molecule has 5 rings (SSSR count). The third-order valence-corrected chi connectivity index (χ3v) is 8.10. The van der Waals surface area contributed by atoms with Crippen LogP contribution in [0.4, 0.5) is 4.79 Å². The van der Waals surface area contributed by atoms with Gasteiger partial charge in [-0.15, -0.1) is 0 Å². The van der Waals surface area contributed by atoms with Gasteiger partial charge in [0, 0.05) is 61.6 Å². The molecule has 1 saturated carbocycles. The number of likely N-dealkylation sites (tertiary alicyclic amines) is 1. The number of fused-ring (bicyclic) bond motifs is 1. The van der Waals surface area contributed by atoms with Crippen molar-refractivity contribution in [3.8, 4) is 23.2 Å². The van der Waals surface area contributed by atoms with E-state index in [4.69, 9.17) is 14.0 Å². The van der Waals surface area contributed by atoms with Crippen LogP contribution in [0.1, 0.15) is 76.7 Å². The standard InChI is InChI=1S/C34H43N5O6/c1-6-43-31(41)8-7-16-38-20-26-25(27(26)21-38)14-11-23-9-12-24(13-10-23)30-18-28(37-45-30)29(19-36-33(42)44-34(3,4)5)39-17-15-35-32(39)22(2)40/h9-10,12-13,15,17-18,22,25-27,29,40H,6-8,16,19-21H2,1-5H3,(H,36,42)/t22-,25?,26?,27?,29+/m0/s1. The van der Waals surface area contributed by atoms with E-state index in [-0.39, 0.29) is 12.5 Å². The fourth-order valence-corrected chi connectivity index (χ4v) is 5.91. The lowest BCUT2D eigenvalue weighted by atomic mass is 10.1. The van der Waals surface area contributed by atoms with Crippen molar-refractivity contribution in [2.45, 2.75) is 65.2 Å². The van der Waals surface area contributed by atoms with Gasteiger partial charge in [-0.1, -0.05) is 17.0 Å². The average Bonchev–Trinajstić information content (AvgIpc) is 3.48. The van der Waals surface area contributed by atoms with Gasteiger partial charge < -0.3 is 33.9 Å². The summed E-state index contributed by atoms with van der Waals surface area (Å²) in [5, 5.41) is 17.4. The predicted octanol–water partition coefficient (Wildman–Crippen LogP) is 4.58. The zero-order valence-corrected chi connectivity index (χ0v) is 26.7. The minimum Gasteiger partial charge on any atom is -0.466 e. The fourth-order valence-electron chi connectivity index (χ4n) is 5.91. The van der Waals surface area contributed by atoms with E-state index in [1.54, 1.807) is 44.7 Å². The molecule has 2 N–H and O–H groups in total. The summed E-state index contributed by atoms with van der Waals surface area (Å²) in [6.07, 6.45) is 3.29. The third-order valence-electron chi connectivity index (χ3n) is 8.10. The Morgan fingerprint density at radius 1 is 1.20 bits per heavy atom. The van der Waals surface area contributed by atoms with Gasteiger partial charge in [-0.3, -0.25) is 4.79 Å². The number of nitrogens with zero attached hydrogens (tertiary/aromatic N) is 4. The molecule has 240 valence electrons. The number of carbonyl (C=O) groups is 2. The first-order chi connectivity index (χ1) is 21.5. The highest BCUT2D eigenvalue weighted by molar-refractivity contribution is 5.69. The first-order valence-electron chi connectivity index (χ1n) is 15.7. The van der Waals surface area contributed by atoms with Crippen LogP contribution in [0.3, 0.4) is 0 Å². The number of ether oxygens (including phenoxy) is 2. The number of amides is 1. The molecule has 2 aliphatic rings. The molecular weight excluding hydrogens is 574 g/mol. The van der Waals surface area contributed by atoms with Crippen LogP contribution < -0.4 is 5.32 Å². The summed E-state index contributed by atoms with van der Waals surface area (Å²) >= 11 is 0. The van der Waals surface area contributed by atoms with Gasteiger partial charge in [-0.2, -0.15) is 0 Å². The highest BCUT2D eigenvalue weighted by Crippen LogP contribution is 2.51. The lowest BCUT2D eigenvalue weighted by Crippen LogP contribution is -2.36. The number of aromatic nitrogens is 3. The molecule has 0 bridgehead atoms. The molecular formula is C34H43N5O6. The van der Waals surface area contributed by atoms with Crippen molar-refractivity contribution in [1.29, 1.82) is 0 Å². The van der Waals surface area contributed by atoms with E-state index in [2.05, 4.69) is 32.2 Å². The van der Waals surface area contributed by atoms with Crippen LogP contribution in [-0.4, -0.2) is 75.2 Å². The second-order valence-electron chi connectivity index (χ2n) is 12.8. The van der Waals surface area contributed by atoms with Gasteiger partial charge in [0.2, 0.25) is 0 Å². The van der Waals surface area contributed by atoms with Crippen LogP contribution in [0, 0.1) is 29.6 Å². The van der Waals surface area contributed by atoms with Crippen LogP contribution in [-0.2, 0) is 14.3 Å². The summed E-state index contributed by atoms with van der Waals surface area (Å²) in [5.41, 5.74) is 1.72. The van der Waals surface area contributed by atoms with Crippen LogP contribution in [0.2, 0.25) is 0 Å². The van der Waals surface area contributed by atoms with Crippen molar-refractivity contribution in [3.63, 3.8) is 0 Å². The summed E-state index contributed by atoms with van der Waals surface area (Å²) in [6.45, 7) is 12.5. The summed E-state index contributed by atoms with van der Waals surface area (Å²) in [5.74, 6) is 9.39. The molecule has 4 atom stereocenters. The van der Waals surface area contributed by atoms with E-state index in [0.29, 0.717) is 48.1 Å². The number of carbonyl (C=O) groups excluding carboxylic acids is 2. The third kappa shape index (κ3) is 8.32. The van der Waals surface area contributed by atoms with Crippen molar-refractivity contribution >= 4 is 12.1 Å². The second kappa shape index (κ2) is 13.9. The first kappa shape index (κ1) is 32.3. The number of hydrogen-bond donors (Lipinski definition) is 2. The Kier molecular flexibility index (Phi) is 9.95. The molecule has 0 spiro atoms. The maximum Gasteiger partial charge on any atom is 0.407 e. The Morgan fingerprint density at radius 2 is 1.93 bits per heavy atom. The normalized spacial score (nSPS) is 20.4. The number of esters is 1. The van der Waals surface area contributed by atoms with E-state index in [1.807, 2.05) is 37.3 Å². The first-order valence-corrected chi connectivity index (χ1v) is 15.7. The molecule has 11 nitrogen and oxygen atoms in total. The molecule has 2 fully saturated rings. The summed E-state index contributed by atoms with van der Waals surface area (Å²) in [6, 6.07) is 9.22. The maximum absolute atomic E-state index is 12.4. The van der Waals surface area contributed by atoms with E-state index < -0.39 is 23.8 Å². The zero-order valence-electron chi connectivity index (χ0n) is 26.7. The van der Waals surface area contributed by atoms with Gasteiger partial charge in [0.15, 0.2) is 5.76 Å². The van der Waals surface area contributed by atoms with Crippen LogP contribution in [0.25, 0.3) is 11.3 Å². The Hall–Kier alpha value is -4.14. The smallest absolute Gasteiger partial charge is 0.407 e. The van der Waals surface area contributed by atoms with Gasteiger partial charge in [-0.05, 0) is 83.7 Å². The SMILES string of the molecule is CCOC(=O)CCCN1CC2C(C#Cc3ccc(-c4cc([C@@H](CNC(=O)OC(C)(C)C)n5ccnc5[C@H](C)O)no4)cc3)C2C1. The molecule has 1 amide bonds. The Balaban J connectivity index is 1.19. The minimum absolute atomic E-state index is 0.113. The summed E-state index contributed by atoms with van der Waals surface area (Å²) in [7, 11) is 0. The molecule has 1 aliphatic carbocycles. The molecule has 1 saturated heterocycles. The number of alkyl carbamates (subject to hydrolysis) is 1. The molecule has 2 unspecified atom stereocenters. The topological polar surface area (TPSA) is 132 Å². The molecule has 1 aromatic carbocycles. The van der Waals surface area contributed by atoms with Crippen LogP contribution >= 0.6 is 0 Å². The van der Waals surface area contributed by atoms with E-state index >= 15 is 0 Å². The molecule has 1 aliphatic heterocycles. The molecule has 2 aromatic heterocycles. The monoisotopic (exact) mass is 617 g/mol. The predicted molar refractivity (Wildman–Crippen MR) is 167 cm³/mol. The lowest BCUT2D eigenvalue weighted by molar-refractivity contribution is -0.143. The second-order valence-corrected chi connectivity index (χ2v) is 12.8. The zero-order chi connectivity index (χ0) is 32.1. The van der Waals surface area contributed by atoms with Crippen molar-refractivity contribution < 1.29 is 28.7 Å². The number of aliphatic hydroxyl groups is 1. The van der Waals surface area contributed by atoms with Gasteiger partial charge in [-0.25, -0.2) is 9.78 Å². The van der Waals surface area contributed by atoms with E-state index in [1.165, 1.54) is 0 Å². The number of imidazole rings is 1. The van der Waals surface area contributed by atoms with Crippen LogP contribution in [0.5, 0.6) is 0 Å². The molecule has 45 heavy (non-hydrogen) atoms. The van der Waals surface area contributed by atoms with Gasteiger partial charge in [0.1, 0.15) is 23.2 Å². The van der Waals surface area contributed by atoms with E-state index in [9.17, 15) is 14.7 Å². The number of rotatable bonds is 11. The Labute approximate surface area is 264 Å². The molecule has 3 aromatic rings. The summed E-state index contributed by atoms with van der Waals surface area (Å²) < 4.78 is 17.9. The van der Waals surface area contributed by atoms with Gasteiger partial charge >= 0.3 is 12.1 Å². The van der Waals surface area contributed by atoms with Crippen molar-refractivity contribution in [3.05, 3.63) is 59.8 Å². The largest absolute Gasteiger partial charge is 0.466 e. The number of nitrogens with one attached hydrogen (secondary N) is 1.